The molecule has 90 valence electrons. The summed E-state index contributed by atoms with van der Waals surface area (Å²) in [6, 6.07) is 4.24. The molecule has 0 saturated carbocycles. The molecule has 0 saturated heterocycles. The van der Waals surface area contributed by atoms with Crippen LogP contribution in [0.2, 0.25) is 0 Å². The fraction of sp³-hybridized carbons (Fsp3) is 0.500. The van der Waals surface area contributed by atoms with Gasteiger partial charge >= 0.3 is 0 Å². The predicted molar refractivity (Wildman–Crippen MR) is 67.3 cm³/mol. The Balaban J connectivity index is 3.20. The monoisotopic (exact) mass is 242 g/mol. The van der Waals surface area contributed by atoms with Gasteiger partial charge in [-0.25, -0.2) is 0 Å². The molecular weight excluding hydrogens is 223 g/mol. The van der Waals surface area contributed by atoms with Crippen LogP contribution in [-0.4, -0.2) is 22.5 Å². The Morgan fingerprint density at radius 2 is 1.69 bits per heavy atom. The minimum atomic E-state index is -2.55. The molecule has 16 heavy (non-hydrogen) atoms. The number of hydrogen-bond acceptors (Lipinski definition) is 3. The second-order valence-electron chi connectivity index (χ2n) is 4.01. The predicted octanol–water partition coefficient (Wildman–Crippen LogP) is 2.91. The Morgan fingerprint density at radius 3 is 2.19 bits per heavy atom. The second-order valence-corrected chi connectivity index (χ2v) is 7.16. The Morgan fingerprint density at radius 1 is 1.12 bits per heavy atom. The SMILES string of the molecule is CCCP(=O)(CCC)c1cc(O)ccc1O. The van der Waals surface area contributed by atoms with Crippen LogP contribution in [0.4, 0.5) is 0 Å². The average Bonchev–Trinajstić information content (AvgIpc) is 2.22. The van der Waals surface area contributed by atoms with Gasteiger partial charge in [-0.2, -0.15) is 0 Å². The number of hydrogen-bond donors (Lipinski definition) is 2. The van der Waals surface area contributed by atoms with E-state index < -0.39 is 7.14 Å². The van der Waals surface area contributed by atoms with Crippen molar-refractivity contribution in [2.24, 2.45) is 0 Å². The molecule has 0 fully saturated rings. The van der Waals surface area contributed by atoms with Gasteiger partial charge in [0.2, 0.25) is 0 Å². The highest BCUT2D eigenvalue weighted by Crippen LogP contribution is 2.48. The van der Waals surface area contributed by atoms with Gasteiger partial charge in [-0.3, -0.25) is 0 Å². The van der Waals surface area contributed by atoms with E-state index in [0.29, 0.717) is 17.6 Å². The first-order valence-corrected chi connectivity index (χ1v) is 7.72. The maximum atomic E-state index is 12.7. The first-order valence-electron chi connectivity index (χ1n) is 5.64. The van der Waals surface area contributed by atoms with Crippen LogP contribution >= 0.6 is 7.14 Å². The number of benzene rings is 1. The Kier molecular flexibility index (Phi) is 4.43. The van der Waals surface area contributed by atoms with Gasteiger partial charge in [0.05, 0.1) is 5.30 Å². The quantitative estimate of drug-likeness (QED) is 0.616. The number of phenolic OH excluding ortho intramolecular Hbond substituents is 2. The smallest absolute Gasteiger partial charge is 0.126 e. The first kappa shape index (κ1) is 13.1. The number of phenols is 2. The molecule has 1 aromatic carbocycles. The molecule has 0 atom stereocenters. The van der Waals surface area contributed by atoms with Gasteiger partial charge in [0, 0.05) is 12.3 Å². The Hall–Kier alpha value is -0.950. The van der Waals surface area contributed by atoms with E-state index in [2.05, 4.69) is 0 Å². The van der Waals surface area contributed by atoms with Gasteiger partial charge in [-0.05, 0) is 31.0 Å². The maximum Gasteiger partial charge on any atom is 0.126 e. The van der Waals surface area contributed by atoms with Crippen molar-refractivity contribution in [2.45, 2.75) is 26.7 Å². The molecule has 0 aliphatic heterocycles. The van der Waals surface area contributed by atoms with E-state index in [1.165, 1.54) is 18.2 Å². The molecule has 0 aliphatic carbocycles. The largest absolute Gasteiger partial charge is 0.508 e. The van der Waals surface area contributed by atoms with E-state index in [4.69, 9.17) is 0 Å². The van der Waals surface area contributed by atoms with Crippen molar-refractivity contribution in [1.29, 1.82) is 0 Å². The maximum absolute atomic E-state index is 12.7. The molecule has 1 aromatic rings. The Bertz CT molecular complexity index is 391. The summed E-state index contributed by atoms with van der Waals surface area (Å²) in [6.07, 6.45) is 2.79. The lowest BCUT2D eigenvalue weighted by Gasteiger charge is -2.18. The fourth-order valence-corrected chi connectivity index (χ4v) is 4.92. The highest BCUT2D eigenvalue weighted by Gasteiger charge is 2.26. The molecule has 0 aromatic heterocycles. The second kappa shape index (κ2) is 5.40. The van der Waals surface area contributed by atoms with E-state index in [9.17, 15) is 14.8 Å². The van der Waals surface area contributed by atoms with E-state index in [0.717, 1.165) is 12.8 Å². The van der Waals surface area contributed by atoms with E-state index in [-0.39, 0.29) is 11.5 Å². The van der Waals surface area contributed by atoms with Gasteiger partial charge in [-0.1, -0.05) is 13.8 Å². The van der Waals surface area contributed by atoms with E-state index >= 15 is 0 Å². The highest BCUT2D eigenvalue weighted by atomic mass is 31.2. The normalized spacial score (nSPS) is 11.6. The van der Waals surface area contributed by atoms with Gasteiger partial charge in [0.1, 0.15) is 18.6 Å². The van der Waals surface area contributed by atoms with Crippen molar-refractivity contribution in [3.8, 4) is 11.5 Å². The number of rotatable bonds is 5. The zero-order valence-corrected chi connectivity index (χ0v) is 10.7. The topological polar surface area (TPSA) is 57.5 Å². The highest BCUT2D eigenvalue weighted by molar-refractivity contribution is 7.71. The van der Waals surface area contributed by atoms with Gasteiger partial charge in [0.15, 0.2) is 0 Å². The summed E-state index contributed by atoms with van der Waals surface area (Å²) in [7, 11) is -2.55. The molecule has 1 rings (SSSR count). The van der Waals surface area contributed by atoms with Crippen LogP contribution in [0.15, 0.2) is 18.2 Å². The summed E-state index contributed by atoms with van der Waals surface area (Å²) < 4.78 is 12.7. The third-order valence-electron chi connectivity index (χ3n) is 2.57. The van der Waals surface area contributed by atoms with Crippen LogP contribution in [0, 0.1) is 0 Å². The molecular formula is C12H19O3P. The molecule has 4 heteroatoms. The minimum absolute atomic E-state index is 0.0306. The van der Waals surface area contributed by atoms with Crippen molar-refractivity contribution in [1.82, 2.24) is 0 Å². The van der Waals surface area contributed by atoms with E-state index in [1.54, 1.807) is 0 Å². The lowest BCUT2D eigenvalue weighted by atomic mass is 10.3. The summed E-state index contributed by atoms with van der Waals surface area (Å²) in [5, 5.41) is 19.6. The molecule has 2 N–H and O–H groups in total. The zero-order valence-electron chi connectivity index (χ0n) is 9.81. The molecule has 0 aliphatic rings. The van der Waals surface area contributed by atoms with Crippen LogP contribution in [-0.2, 0) is 4.57 Å². The average molecular weight is 242 g/mol. The minimum Gasteiger partial charge on any atom is -0.508 e. The molecule has 0 spiro atoms. The van der Waals surface area contributed by atoms with Crippen LogP contribution in [0.25, 0.3) is 0 Å². The summed E-state index contributed by atoms with van der Waals surface area (Å²) in [5.74, 6) is 0.0864. The van der Waals surface area contributed by atoms with Gasteiger partial charge in [-0.15, -0.1) is 0 Å². The van der Waals surface area contributed by atoms with Crippen molar-refractivity contribution >= 4 is 12.4 Å². The molecule has 0 amide bonds. The van der Waals surface area contributed by atoms with E-state index in [1.807, 2.05) is 13.8 Å². The van der Waals surface area contributed by atoms with Gasteiger partial charge in [0.25, 0.3) is 0 Å². The van der Waals surface area contributed by atoms with Crippen molar-refractivity contribution < 1.29 is 14.8 Å². The van der Waals surface area contributed by atoms with Crippen LogP contribution in [0.5, 0.6) is 11.5 Å². The molecule has 0 bridgehead atoms. The third kappa shape index (κ3) is 2.79. The molecule has 0 radical (unpaired) electrons. The zero-order chi connectivity index (χ0) is 12.2. The van der Waals surface area contributed by atoms with Crippen molar-refractivity contribution in [3.63, 3.8) is 0 Å². The fourth-order valence-electron chi connectivity index (χ4n) is 1.91. The van der Waals surface area contributed by atoms with Gasteiger partial charge < -0.3 is 14.8 Å². The van der Waals surface area contributed by atoms with Crippen molar-refractivity contribution in [2.75, 3.05) is 12.3 Å². The summed E-state index contributed by atoms with van der Waals surface area (Å²) in [5.41, 5.74) is 0. The molecule has 3 nitrogen and oxygen atoms in total. The van der Waals surface area contributed by atoms with Crippen LogP contribution in [0.3, 0.4) is 0 Å². The lowest BCUT2D eigenvalue weighted by Crippen LogP contribution is -2.11. The molecule has 0 unspecified atom stereocenters. The summed E-state index contributed by atoms with van der Waals surface area (Å²) in [4.78, 5) is 0. The van der Waals surface area contributed by atoms with Crippen molar-refractivity contribution in [3.05, 3.63) is 18.2 Å². The summed E-state index contributed by atoms with van der Waals surface area (Å²) in [6.45, 7) is 3.95. The Labute approximate surface area is 96.5 Å². The van der Waals surface area contributed by atoms with Crippen LogP contribution < -0.4 is 5.30 Å². The standard InChI is InChI=1S/C12H19O3P/c1-3-7-16(15,8-4-2)12-9-10(13)5-6-11(12)14/h5-6,9,13-14H,3-4,7-8H2,1-2H3. The number of aromatic hydroxyl groups is 2. The lowest BCUT2D eigenvalue weighted by molar-refractivity contribution is 0.463. The first-order chi connectivity index (χ1) is 7.53. The third-order valence-corrected chi connectivity index (χ3v) is 6.14. The summed E-state index contributed by atoms with van der Waals surface area (Å²) >= 11 is 0. The molecule has 0 heterocycles. The van der Waals surface area contributed by atoms with Crippen LogP contribution in [0.1, 0.15) is 26.7 Å².